The molecule has 0 aromatic rings. The summed E-state index contributed by atoms with van der Waals surface area (Å²) in [5.74, 6) is 0. The Bertz CT molecular complexity index is 186. The smallest absolute Gasteiger partial charge is 0.218 e. The zero-order valence-corrected chi connectivity index (χ0v) is 7.80. The maximum atomic E-state index is 10.6. The van der Waals surface area contributed by atoms with E-state index in [1.54, 1.807) is 13.8 Å². The van der Waals surface area contributed by atoms with Crippen molar-refractivity contribution >= 4 is 10.4 Å². The van der Waals surface area contributed by atoms with Gasteiger partial charge in [0.15, 0.2) is 0 Å². The molecule has 0 unspecified atom stereocenters. The van der Waals surface area contributed by atoms with Gasteiger partial charge in [0.25, 0.3) is 0 Å². The quantitative estimate of drug-likeness (QED) is 0.339. The second-order valence-electron chi connectivity index (χ2n) is 1.77. The summed E-state index contributed by atoms with van der Waals surface area (Å²) in [4.78, 5) is 8.39. The third-order valence-electron chi connectivity index (χ3n) is 0.668. The highest BCUT2D eigenvalue weighted by Gasteiger charge is 2.13. The van der Waals surface area contributed by atoms with Gasteiger partial charge in [-0.15, -0.1) is 0 Å². The number of hydrogen-bond donors (Lipinski definition) is 0. The van der Waals surface area contributed by atoms with Crippen molar-refractivity contribution in [1.29, 1.82) is 0 Å². The van der Waals surface area contributed by atoms with Gasteiger partial charge in [-0.1, -0.05) is 15.6 Å². The zero-order chi connectivity index (χ0) is 9.45. The first-order valence-electron chi connectivity index (χ1n) is 3.49. The van der Waals surface area contributed by atoms with Crippen molar-refractivity contribution in [2.75, 3.05) is 13.2 Å². The molecule has 0 aliphatic rings. The van der Waals surface area contributed by atoms with Crippen LogP contribution < -0.4 is 0 Å². The molecule has 0 N–H and O–H groups in total. The van der Waals surface area contributed by atoms with Crippen molar-refractivity contribution in [2.45, 2.75) is 20.3 Å². The lowest BCUT2D eigenvalue weighted by Gasteiger charge is -2.01. The van der Waals surface area contributed by atoms with Crippen LogP contribution in [0.15, 0.2) is 0 Å². The minimum Gasteiger partial charge on any atom is -0.218 e. The summed E-state index contributed by atoms with van der Waals surface area (Å²) in [7, 11) is -4.16. The van der Waals surface area contributed by atoms with Crippen LogP contribution in [0, 0.1) is 0 Å². The monoisotopic (exact) mass is 200 g/mol. The Morgan fingerprint density at radius 1 is 1.08 bits per heavy atom. The minimum atomic E-state index is -4.16. The molecular weight excluding hydrogens is 188 g/mol. The van der Waals surface area contributed by atoms with Crippen LogP contribution in [0.4, 0.5) is 0 Å². The highest BCUT2D eigenvalue weighted by Crippen LogP contribution is 1.97. The van der Waals surface area contributed by atoms with E-state index in [-0.39, 0.29) is 13.2 Å². The molecule has 0 fully saturated rings. The van der Waals surface area contributed by atoms with Crippen molar-refractivity contribution in [3.05, 3.63) is 0 Å². The largest absolute Gasteiger partial charge is 0.453 e. The Morgan fingerprint density at radius 2 is 1.67 bits per heavy atom. The number of hydrogen-bond acceptors (Lipinski definition) is 6. The van der Waals surface area contributed by atoms with Crippen molar-refractivity contribution in [3.63, 3.8) is 0 Å². The molecule has 0 saturated heterocycles. The van der Waals surface area contributed by atoms with Gasteiger partial charge in [-0.25, -0.2) is 9.78 Å². The van der Waals surface area contributed by atoms with E-state index in [1.807, 2.05) is 0 Å². The van der Waals surface area contributed by atoms with Crippen LogP contribution in [0.3, 0.4) is 0 Å². The Labute approximate surface area is 71.6 Å². The molecular formula is C5H12O6S. The zero-order valence-electron chi connectivity index (χ0n) is 6.98. The standard InChI is InChI=1S/C5H12O6S/c1-3-5-9-11-12(6,7)10-8-4-2/h3-5H2,1-2H3. The molecule has 0 spiro atoms. The van der Waals surface area contributed by atoms with Crippen LogP contribution in [-0.4, -0.2) is 21.6 Å². The highest BCUT2D eigenvalue weighted by atomic mass is 32.3. The molecule has 0 saturated carbocycles. The molecule has 0 aliphatic carbocycles. The van der Waals surface area contributed by atoms with E-state index in [2.05, 4.69) is 18.4 Å². The van der Waals surface area contributed by atoms with Gasteiger partial charge >= 0.3 is 10.4 Å². The van der Waals surface area contributed by atoms with Crippen LogP contribution in [0.1, 0.15) is 20.3 Å². The molecule has 0 aromatic heterocycles. The predicted molar refractivity (Wildman–Crippen MR) is 39.0 cm³/mol. The van der Waals surface area contributed by atoms with E-state index in [4.69, 9.17) is 0 Å². The second kappa shape index (κ2) is 6.32. The van der Waals surface area contributed by atoms with Gasteiger partial charge in [0.1, 0.15) is 0 Å². The molecule has 0 aliphatic heterocycles. The molecule has 6 nitrogen and oxygen atoms in total. The first kappa shape index (κ1) is 11.8. The van der Waals surface area contributed by atoms with Gasteiger partial charge in [-0.3, -0.25) is 0 Å². The first-order valence-corrected chi connectivity index (χ1v) is 4.82. The van der Waals surface area contributed by atoms with Crippen LogP contribution in [-0.2, 0) is 28.8 Å². The van der Waals surface area contributed by atoms with Crippen molar-refractivity contribution in [2.24, 2.45) is 0 Å². The van der Waals surface area contributed by atoms with Gasteiger partial charge in [0.2, 0.25) is 0 Å². The average molecular weight is 200 g/mol. The minimum absolute atomic E-state index is 0.108. The highest BCUT2D eigenvalue weighted by molar-refractivity contribution is 7.81. The van der Waals surface area contributed by atoms with Crippen molar-refractivity contribution < 1.29 is 26.9 Å². The van der Waals surface area contributed by atoms with E-state index in [0.29, 0.717) is 6.42 Å². The maximum absolute atomic E-state index is 10.6. The van der Waals surface area contributed by atoms with Crippen molar-refractivity contribution in [3.8, 4) is 0 Å². The lowest BCUT2D eigenvalue weighted by atomic mass is 10.5. The Morgan fingerprint density at radius 3 is 2.17 bits per heavy atom. The molecule has 0 aromatic carbocycles. The Balaban J connectivity index is 3.58. The van der Waals surface area contributed by atoms with Crippen LogP contribution in [0.25, 0.3) is 0 Å². The van der Waals surface area contributed by atoms with Crippen LogP contribution >= 0.6 is 0 Å². The maximum Gasteiger partial charge on any atom is 0.453 e. The summed E-state index contributed by atoms with van der Waals surface area (Å²) in [6.07, 6.45) is 0.643. The summed E-state index contributed by atoms with van der Waals surface area (Å²) in [6, 6.07) is 0. The van der Waals surface area contributed by atoms with E-state index in [1.165, 1.54) is 0 Å². The molecule has 74 valence electrons. The molecule has 0 radical (unpaired) electrons. The average Bonchev–Trinajstić information content (AvgIpc) is 2.01. The van der Waals surface area contributed by atoms with E-state index >= 15 is 0 Å². The molecule has 0 amide bonds. The van der Waals surface area contributed by atoms with Gasteiger partial charge in [0, 0.05) is 0 Å². The van der Waals surface area contributed by atoms with E-state index in [0.717, 1.165) is 0 Å². The lowest BCUT2D eigenvalue weighted by molar-refractivity contribution is -0.256. The van der Waals surface area contributed by atoms with Gasteiger partial charge in [-0.2, -0.15) is 8.42 Å². The van der Waals surface area contributed by atoms with Gasteiger partial charge < -0.3 is 0 Å². The summed E-state index contributed by atoms with van der Waals surface area (Å²) in [5, 5.41) is 0. The predicted octanol–water partition coefficient (Wildman–Crippen LogP) is 0.557. The second-order valence-corrected chi connectivity index (χ2v) is 2.86. The van der Waals surface area contributed by atoms with Crippen LogP contribution in [0.2, 0.25) is 0 Å². The van der Waals surface area contributed by atoms with Gasteiger partial charge in [0.05, 0.1) is 13.2 Å². The summed E-state index contributed by atoms with van der Waals surface area (Å²) >= 11 is 0. The summed E-state index contributed by atoms with van der Waals surface area (Å²) in [5.41, 5.74) is 0. The lowest BCUT2D eigenvalue weighted by Crippen LogP contribution is -2.11. The number of rotatable bonds is 7. The fraction of sp³-hybridized carbons (Fsp3) is 1.00. The molecule has 0 rings (SSSR count). The van der Waals surface area contributed by atoms with E-state index < -0.39 is 10.4 Å². The fourth-order valence-electron chi connectivity index (χ4n) is 0.295. The van der Waals surface area contributed by atoms with E-state index in [9.17, 15) is 8.42 Å². The Kier molecular flexibility index (Phi) is 6.21. The SMILES string of the molecule is CCCOOS(=O)(=O)OOCC. The summed E-state index contributed by atoms with van der Waals surface area (Å²) in [6.45, 7) is 3.66. The first-order chi connectivity index (χ1) is 5.62. The molecule has 0 bridgehead atoms. The van der Waals surface area contributed by atoms with Gasteiger partial charge in [-0.05, 0) is 13.3 Å². The van der Waals surface area contributed by atoms with Crippen molar-refractivity contribution in [1.82, 2.24) is 0 Å². The third-order valence-corrected chi connectivity index (χ3v) is 1.19. The Hall–Kier alpha value is -0.210. The normalized spacial score (nSPS) is 11.8. The third kappa shape index (κ3) is 6.50. The molecule has 12 heavy (non-hydrogen) atoms. The van der Waals surface area contributed by atoms with Crippen LogP contribution in [0.5, 0.6) is 0 Å². The fourth-order valence-corrected chi connectivity index (χ4v) is 0.717. The molecule has 0 heterocycles. The topological polar surface area (TPSA) is 71.1 Å². The molecule has 7 heteroatoms. The molecule has 0 atom stereocenters. The summed E-state index contributed by atoms with van der Waals surface area (Å²) < 4.78 is 28.9.